The van der Waals surface area contributed by atoms with Crippen molar-refractivity contribution in [2.24, 2.45) is 0 Å². The molecule has 1 aromatic rings. The normalized spacial score (nSPS) is 6.67. The molecule has 0 spiro atoms. The van der Waals surface area contributed by atoms with Gasteiger partial charge in [0.1, 0.15) is 0 Å². The molecule has 0 aliphatic carbocycles. The van der Waals surface area contributed by atoms with Crippen molar-refractivity contribution < 1.29 is 23.9 Å². The third-order valence-corrected chi connectivity index (χ3v) is 0.905. The first-order chi connectivity index (χ1) is 4.93. The van der Waals surface area contributed by atoms with Gasteiger partial charge < -0.3 is 17.4 Å². The summed E-state index contributed by atoms with van der Waals surface area (Å²) >= 11 is 1.61. The SMILES string of the molecule is N.OCc1cccnc1.[Cl][Pt].[NH2-]. The predicted molar refractivity (Wildman–Crippen MR) is 46.3 cm³/mol. The molecule has 0 aliphatic rings. The van der Waals surface area contributed by atoms with E-state index in [9.17, 15) is 0 Å². The molecule has 0 amide bonds. The smallest absolute Gasteiger partial charge is 0.693 e. The van der Waals surface area contributed by atoms with Crippen LogP contribution >= 0.6 is 9.42 Å². The number of aromatic nitrogens is 1. The first-order valence-electron chi connectivity index (χ1n) is 2.55. The van der Waals surface area contributed by atoms with Crippen molar-refractivity contribution >= 4 is 9.42 Å². The molecule has 0 bridgehead atoms. The maximum absolute atomic E-state index is 8.50. The van der Waals surface area contributed by atoms with E-state index in [0.29, 0.717) is 0 Å². The summed E-state index contributed by atoms with van der Waals surface area (Å²) in [6.07, 6.45) is 3.32. The monoisotopic (exact) mass is 372 g/mol. The minimum atomic E-state index is 0. The Morgan fingerprint density at radius 2 is 2.08 bits per heavy atom. The maximum Gasteiger partial charge on any atom is -0.693 e. The number of hydrogen-bond acceptors (Lipinski definition) is 3. The number of aliphatic hydroxyl groups is 1. The average molecular weight is 373 g/mol. The molecule has 0 saturated carbocycles. The molecule has 1 rings (SSSR count). The molecule has 12 heavy (non-hydrogen) atoms. The van der Waals surface area contributed by atoms with E-state index in [1.54, 1.807) is 37.2 Å². The Morgan fingerprint density at radius 1 is 1.50 bits per heavy atom. The molecule has 0 aliphatic heterocycles. The Labute approximate surface area is 87.3 Å². The molecule has 4 nitrogen and oxygen atoms in total. The van der Waals surface area contributed by atoms with Crippen LogP contribution < -0.4 is 6.15 Å². The van der Waals surface area contributed by atoms with E-state index in [1.165, 1.54) is 0 Å². The zero-order chi connectivity index (χ0) is 7.82. The van der Waals surface area contributed by atoms with Gasteiger partial charge in [0.05, 0.1) is 6.61 Å². The maximum atomic E-state index is 8.50. The van der Waals surface area contributed by atoms with Crippen molar-refractivity contribution in [2.75, 3.05) is 0 Å². The Balaban J connectivity index is -0.000000189. The van der Waals surface area contributed by atoms with Gasteiger partial charge in [0.2, 0.25) is 0 Å². The molecule has 6 heteroatoms. The fraction of sp³-hybridized carbons (Fsp3) is 0.167. The van der Waals surface area contributed by atoms with Gasteiger partial charge in [-0.05, 0) is 11.6 Å². The van der Waals surface area contributed by atoms with Crippen LogP contribution in [-0.2, 0) is 25.4 Å². The van der Waals surface area contributed by atoms with Gasteiger partial charge in [0, 0.05) is 12.4 Å². The summed E-state index contributed by atoms with van der Waals surface area (Å²) in [5, 5.41) is 8.50. The van der Waals surface area contributed by atoms with E-state index in [0.717, 1.165) is 5.56 Å². The van der Waals surface area contributed by atoms with Crippen LogP contribution in [0.4, 0.5) is 0 Å². The second kappa shape index (κ2) is 13.6. The molecule has 6 N–H and O–H groups in total. The summed E-state index contributed by atoms with van der Waals surface area (Å²) in [5.41, 5.74) is 0.854. The number of nitrogens with zero attached hydrogens (tertiary/aromatic N) is 1. The summed E-state index contributed by atoms with van der Waals surface area (Å²) in [6.45, 7) is 0.0772. The van der Waals surface area contributed by atoms with Crippen LogP contribution in [0.5, 0.6) is 0 Å². The minimum absolute atomic E-state index is 0. The molecular formula is C6H12ClN3OPt-. The molecule has 1 aromatic heterocycles. The van der Waals surface area contributed by atoms with Crippen molar-refractivity contribution in [3.63, 3.8) is 0 Å². The largest absolute Gasteiger partial charge is 0.693 e. The van der Waals surface area contributed by atoms with Gasteiger partial charge in [0.15, 0.2) is 0 Å². The zero-order valence-corrected chi connectivity index (χ0v) is 9.42. The Kier molecular flexibility index (Phi) is 20.3. The van der Waals surface area contributed by atoms with Crippen molar-refractivity contribution in [2.45, 2.75) is 6.61 Å². The number of hydrogen-bond donors (Lipinski definition) is 2. The van der Waals surface area contributed by atoms with Gasteiger partial charge in [-0.25, -0.2) is 0 Å². The van der Waals surface area contributed by atoms with Gasteiger partial charge in [-0.1, -0.05) is 6.07 Å². The second-order valence-electron chi connectivity index (χ2n) is 1.52. The number of pyridine rings is 1. The Hall–Kier alpha value is 0.00831. The molecule has 75 valence electrons. The molecule has 0 radical (unpaired) electrons. The van der Waals surface area contributed by atoms with Crippen LogP contribution in [0.2, 0.25) is 0 Å². The van der Waals surface area contributed by atoms with E-state index >= 15 is 0 Å². The predicted octanol–water partition coefficient (Wildman–Crippen LogP) is 2.14. The van der Waals surface area contributed by atoms with E-state index in [4.69, 9.17) is 5.11 Å². The first-order valence-corrected chi connectivity index (χ1v) is 5.37. The van der Waals surface area contributed by atoms with Crippen LogP contribution in [0.1, 0.15) is 5.56 Å². The quantitative estimate of drug-likeness (QED) is 0.789. The molecule has 0 fully saturated rings. The molecule has 0 atom stereocenters. The first kappa shape index (κ1) is 17.9. The van der Waals surface area contributed by atoms with Crippen LogP contribution in [0.25, 0.3) is 6.15 Å². The summed E-state index contributed by atoms with van der Waals surface area (Å²) in [6, 6.07) is 3.62. The van der Waals surface area contributed by atoms with E-state index < -0.39 is 0 Å². The summed E-state index contributed by atoms with van der Waals surface area (Å²) in [5.74, 6) is 0. The van der Waals surface area contributed by atoms with Gasteiger partial charge >= 0.3 is 28.2 Å². The molecule has 0 unspecified atom stereocenters. The molecule has 1 heterocycles. The number of aliphatic hydroxyl groups excluding tert-OH is 1. The number of rotatable bonds is 1. The fourth-order valence-corrected chi connectivity index (χ4v) is 0.492. The van der Waals surface area contributed by atoms with Gasteiger partial charge in [0.25, 0.3) is 0 Å². The molecule has 0 aromatic carbocycles. The van der Waals surface area contributed by atoms with Crippen LogP contribution in [-0.4, -0.2) is 10.1 Å². The summed E-state index contributed by atoms with van der Waals surface area (Å²) in [4.78, 5) is 3.80. The fourth-order valence-electron chi connectivity index (χ4n) is 0.492. The second-order valence-corrected chi connectivity index (χ2v) is 1.52. The van der Waals surface area contributed by atoms with Crippen molar-refractivity contribution in [1.29, 1.82) is 0 Å². The molecular weight excluding hydrogens is 361 g/mol. The molecule has 0 saturated heterocycles. The van der Waals surface area contributed by atoms with Crippen LogP contribution in [0.3, 0.4) is 0 Å². The van der Waals surface area contributed by atoms with E-state index in [2.05, 4.69) is 14.4 Å². The number of nitrogens with two attached hydrogens (primary N) is 1. The van der Waals surface area contributed by atoms with Crippen LogP contribution in [0, 0.1) is 0 Å². The van der Waals surface area contributed by atoms with Gasteiger partial charge in [-0.3, -0.25) is 4.98 Å². The van der Waals surface area contributed by atoms with Crippen molar-refractivity contribution in [3.8, 4) is 0 Å². The van der Waals surface area contributed by atoms with Crippen LogP contribution in [0.15, 0.2) is 24.5 Å². The minimum Gasteiger partial charge on any atom is -0.693 e. The average Bonchev–Trinajstić information content (AvgIpc) is 2.10. The van der Waals surface area contributed by atoms with Crippen molar-refractivity contribution in [3.05, 3.63) is 36.2 Å². The third kappa shape index (κ3) is 8.11. The Morgan fingerprint density at radius 3 is 2.33 bits per heavy atom. The Bertz CT molecular complexity index is 164. The summed E-state index contributed by atoms with van der Waals surface area (Å²) in [7, 11) is 4.61. The summed E-state index contributed by atoms with van der Waals surface area (Å²) < 4.78 is 0. The van der Waals surface area contributed by atoms with Crippen molar-refractivity contribution in [1.82, 2.24) is 11.1 Å². The zero-order valence-electron chi connectivity index (χ0n) is 6.39. The van der Waals surface area contributed by atoms with Gasteiger partial charge in [-0.15, -0.1) is 0 Å². The van der Waals surface area contributed by atoms with E-state index in [-0.39, 0.29) is 18.9 Å². The standard InChI is InChI=1S/C6H7NO.ClH.H3N.H2N.Pt/c8-5-6-2-1-3-7-4-6;;;;/h1-4,8H,5H2;1H;1H3;1H2;/q;;;-1;+1/p-1. The third-order valence-electron chi connectivity index (χ3n) is 0.905. The number of halogens is 1. The van der Waals surface area contributed by atoms with E-state index in [1.807, 2.05) is 6.07 Å². The van der Waals surface area contributed by atoms with Gasteiger partial charge in [-0.2, -0.15) is 0 Å². The topological polar surface area (TPSA) is 102 Å².